The molecule has 0 spiro atoms. The molecule has 5 rings (SSSR count). The Kier molecular flexibility index (Phi) is 5.92. The van der Waals surface area contributed by atoms with Gasteiger partial charge in [0.15, 0.2) is 5.78 Å². The number of nitrogens with zero attached hydrogens (tertiary/aromatic N) is 3. The number of ketones is 1. The van der Waals surface area contributed by atoms with Crippen LogP contribution in [0.5, 0.6) is 5.75 Å². The van der Waals surface area contributed by atoms with Crippen LogP contribution in [0.3, 0.4) is 0 Å². The molecule has 1 aliphatic carbocycles. The van der Waals surface area contributed by atoms with E-state index in [0.29, 0.717) is 36.9 Å². The number of aromatic hydroxyl groups is 1. The highest BCUT2D eigenvalue weighted by molar-refractivity contribution is 7.14. The lowest BCUT2D eigenvalue weighted by molar-refractivity contribution is -0.124. The third-order valence-electron chi connectivity index (χ3n) is 6.13. The molecule has 9 heteroatoms. The Morgan fingerprint density at radius 3 is 2.58 bits per heavy atom. The normalized spacial score (nSPS) is 17.5. The first-order valence-electron chi connectivity index (χ1n) is 10.9. The Labute approximate surface area is 195 Å². The molecule has 3 aromatic rings. The molecule has 2 heterocycles. The van der Waals surface area contributed by atoms with E-state index in [1.54, 1.807) is 6.07 Å². The van der Waals surface area contributed by atoms with Gasteiger partial charge in [0.25, 0.3) is 0 Å². The zero-order valence-electron chi connectivity index (χ0n) is 18.0. The number of rotatable bonds is 7. The fraction of sp³-hybridized carbons (Fsp3) is 0.333. The maximum Gasteiger partial charge on any atom is 0.245 e. The van der Waals surface area contributed by atoms with Crippen LogP contribution in [-0.4, -0.2) is 63.7 Å². The number of carbonyl (C=O) groups is 2. The first kappa shape index (κ1) is 21.7. The lowest BCUT2D eigenvalue weighted by atomic mass is 10.1. The van der Waals surface area contributed by atoms with E-state index in [2.05, 4.69) is 20.4 Å². The van der Waals surface area contributed by atoms with E-state index in [9.17, 15) is 14.7 Å². The summed E-state index contributed by atoms with van der Waals surface area (Å²) in [5.74, 6) is -0.378. The van der Waals surface area contributed by atoms with Gasteiger partial charge in [-0.25, -0.2) is 0 Å². The summed E-state index contributed by atoms with van der Waals surface area (Å²) in [4.78, 5) is 28.1. The van der Waals surface area contributed by atoms with Gasteiger partial charge in [-0.05, 0) is 31.0 Å². The number of benzene rings is 2. The topological polar surface area (TPSA) is 105 Å². The van der Waals surface area contributed by atoms with Crippen molar-refractivity contribution in [2.24, 2.45) is 0 Å². The summed E-state index contributed by atoms with van der Waals surface area (Å²) in [5, 5.41) is 22.9. The monoisotopic (exact) mass is 464 g/mol. The molecule has 0 bridgehead atoms. The van der Waals surface area contributed by atoms with Crippen LogP contribution in [0.25, 0.3) is 10.6 Å². The molecule has 1 saturated heterocycles. The standard InChI is InChI=1S/C24H24N4O4S/c29-19-7-6-17(20(30)15-21-26-27-22(33-21)16-4-2-1-3-5-16)14-18(19)25-23(31)24(8-9-24)28-10-12-32-13-11-28/h1-7,14,29H,8-13,15H2,(H,25,31). The minimum atomic E-state index is -0.545. The summed E-state index contributed by atoms with van der Waals surface area (Å²) in [7, 11) is 0. The van der Waals surface area contributed by atoms with Gasteiger partial charge in [0, 0.05) is 24.2 Å². The van der Waals surface area contributed by atoms with Crippen LogP contribution >= 0.6 is 11.3 Å². The number of aromatic nitrogens is 2. The van der Waals surface area contributed by atoms with Crippen LogP contribution in [0.2, 0.25) is 0 Å². The van der Waals surface area contributed by atoms with Gasteiger partial charge in [0.05, 0.1) is 25.3 Å². The second kappa shape index (κ2) is 9.01. The second-order valence-corrected chi connectivity index (χ2v) is 9.35. The van der Waals surface area contributed by atoms with E-state index in [0.717, 1.165) is 23.4 Å². The maximum absolute atomic E-state index is 13.1. The molecule has 170 valence electrons. The first-order chi connectivity index (χ1) is 16.0. The predicted octanol–water partition coefficient (Wildman–Crippen LogP) is 3.14. The van der Waals surface area contributed by atoms with Crippen molar-refractivity contribution in [1.82, 2.24) is 15.1 Å². The van der Waals surface area contributed by atoms with E-state index < -0.39 is 5.54 Å². The summed E-state index contributed by atoms with van der Waals surface area (Å²) < 4.78 is 5.40. The minimum absolute atomic E-state index is 0.0695. The number of morpholine rings is 1. The van der Waals surface area contributed by atoms with E-state index in [1.165, 1.54) is 23.5 Å². The summed E-state index contributed by atoms with van der Waals surface area (Å²) in [6.07, 6.45) is 1.65. The third kappa shape index (κ3) is 4.52. The van der Waals surface area contributed by atoms with E-state index >= 15 is 0 Å². The van der Waals surface area contributed by atoms with Crippen molar-refractivity contribution in [3.63, 3.8) is 0 Å². The number of ether oxygens (including phenoxy) is 1. The fourth-order valence-electron chi connectivity index (χ4n) is 4.11. The Bertz CT molecular complexity index is 1170. The lowest BCUT2D eigenvalue weighted by Crippen LogP contribution is -2.51. The van der Waals surface area contributed by atoms with Crippen LogP contribution in [0.1, 0.15) is 28.2 Å². The van der Waals surface area contributed by atoms with Crippen LogP contribution in [0.4, 0.5) is 5.69 Å². The molecule has 1 aliphatic heterocycles. The molecule has 2 N–H and O–H groups in total. The number of anilines is 1. The van der Waals surface area contributed by atoms with Gasteiger partial charge in [-0.3, -0.25) is 14.5 Å². The summed E-state index contributed by atoms with van der Waals surface area (Å²) in [6.45, 7) is 2.65. The van der Waals surface area contributed by atoms with Gasteiger partial charge in [0.2, 0.25) is 5.91 Å². The Balaban J connectivity index is 1.28. The Morgan fingerprint density at radius 1 is 1.09 bits per heavy atom. The molecule has 2 fully saturated rings. The first-order valence-corrected chi connectivity index (χ1v) is 11.8. The fourth-order valence-corrected chi connectivity index (χ4v) is 4.95. The van der Waals surface area contributed by atoms with Crippen molar-refractivity contribution in [2.75, 3.05) is 31.6 Å². The maximum atomic E-state index is 13.1. The van der Waals surface area contributed by atoms with Gasteiger partial charge < -0.3 is 15.2 Å². The van der Waals surface area contributed by atoms with E-state index in [1.807, 2.05) is 30.3 Å². The summed E-state index contributed by atoms with van der Waals surface area (Å²) in [5.41, 5.74) is 1.05. The number of Topliss-reactive ketones (excluding diaryl/α,β-unsaturated/α-hetero) is 1. The Hall–Kier alpha value is -3.14. The van der Waals surface area contributed by atoms with Gasteiger partial charge in [0.1, 0.15) is 21.3 Å². The number of carbonyl (C=O) groups excluding carboxylic acids is 2. The van der Waals surface area contributed by atoms with Gasteiger partial charge in [-0.15, -0.1) is 10.2 Å². The summed E-state index contributed by atoms with van der Waals surface area (Å²) >= 11 is 1.38. The van der Waals surface area contributed by atoms with Crippen molar-refractivity contribution < 1.29 is 19.4 Å². The molecule has 0 unspecified atom stereocenters. The molecule has 2 aromatic carbocycles. The molecular weight excluding hydrogens is 440 g/mol. The molecule has 0 atom stereocenters. The smallest absolute Gasteiger partial charge is 0.245 e. The zero-order valence-corrected chi connectivity index (χ0v) is 18.8. The number of hydrogen-bond acceptors (Lipinski definition) is 8. The number of phenols is 1. The summed E-state index contributed by atoms with van der Waals surface area (Å²) in [6, 6.07) is 14.2. The highest BCUT2D eigenvalue weighted by Gasteiger charge is 2.54. The molecular formula is C24H24N4O4S. The van der Waals surface area contributed by atoms with Crippen molar-refractivity contribution in [1.29, 1.82) is 0 Å². The second-order valence-electron chi connectivity index (χ2n) is 8.28. The largest absolute Gasteiger partial charge is 0.506 e. The van der Waals surface area contributed by atoms with E-state index in [4.69, 9.17) is 4.74 Å². The van der Waals surface area contributed by atoms with Crippen LogP contribution in [0, 0.1) is 0 Å². The number of amides is 1. The molecule has 1 aromatic heterocycles. The zero-order chi connectivity index (χ0) is 22.8. The number of nitrogens with one attached hydrogen (secondary N) is 1. The highest BCUT2D eigenvalue weighted by Crippen LogP contribution is 2.43. The molecule has 1 amide bonds. The predicted molar refractivity (Wildman–Crippen MR) is 124 cm³/mol. The third-order valence-corrected chi connectivity index (χ3v) is 7.10. The lowest BCUT2D eigenvalue weighted by Gasteiger charge is -2.33. The average Bonchev–Trinajstić information content (AvgIpc) is 3.54. The number of phenolic OH excluding ortho intramolecular Hbond substituents is 1. The van der Waals surface area contributed by atoms with Crippen molar-refractivity contribution in [3.8, 4) is 16.3 Å². The molecule has 1 saturated carbocycles. The van der Waals surface area contributed by atoms with Gasteiger partial charge >= 0.3 is 0 Å². The van der Waals surface area contributed by atoms with Crippen LogP contribution < -0.4 is 5.32 Å². The average molecular weight is 465 g/mol. The van der Waals surface area contributed by atoms with Crippen LogP contribution in [-0.2, 0) is 16.0 Å². The highest BCUT2D eigenvalue weighted by atomic mass is 32.1. The Morgan fingerprint density at radius 2 is 1.85 bits per heavy atom. The minimum Gasteiger partial charge on any atom is -0.506 e. The quantitative estimate of drug-likeness (QED) is 0.409. The molecule has 33 heavy (non-hydrogen) atoms. The van der Waals surface area contributed by atoms with Crippen molar-refractivity contribution in [3.05, 3.63) is 59.1 Å². The molecule has 2 aliphatic rings. The van der Waals surface area contributed by atoms with Gasteiger partial charge in [-0.1, -0.05) is 41.7 Å². The van der Waals surface area contributed by atoms with Gasteiger partial charge in [-0.2, -0.15) is 0 Å². The number of hydrogen-bond donors (Lipinski definition) is 2. The van der Waals surface area contributed by atoms with Crippen LogP contribution in [0.15, 0.2) is 48.5 Å². The molecule has 0 radical (unpaired) electrons. The molecule has 8 nitrogen and oxygen atoms in total. The van der Waals surface area contributed by atoms with E-state index in [-0.39, 0.29) is 29.5 Å². The van der Waals surface area contributed by atoms with Crippen molar-refractivity contribution >= 4 is 28.7 Å². The SMILES string of the molecule is O=C(Cc1nnc(-c2ccccc2)s1)c1ccc(O)c(NC(=O)C2(N3CCOCC3)CC2)c1. The van der Waals surface area contributed by atoms with Crippen molar-refractivity contribution in [2.45, 2.75) is 24.8 Å².